The normalized spacial score (nSPS) is 18.3. The van der Waals surface area contributed by atoms with Gasteiger partial charge >= 0.3 is 18.0 Å². The summed E-state index contributed by atoms with van der Waals surface area (Å²) in [7, 11) is 3.97. The van der Waals surface area contributed by atoms with Crippen molar-refractivity contribution >= 4 is 23.9 Å². The van der Waals surface area contributed by atoms with Gasteiger partial charge in [0.2, 0.25) is 5.91 Å². The van der Waals surface area contributed by atoms with Gasteiger partial charge in [0.25, 0.3) is 0 Å². The lowest BCUT2D eigenvalue weighted by Crippen LogP contribution is -2.37. The molecule has 0 aromatic heterocycles. The van der Waals surface area contributed by atoms with Crippen molar-refractivity contribution in [1.29, 1.82) is 0 Å². The summed E-state index contributed by atoms with van der Waals surface area (Å²) in [4.78, 5) is 50.2. The molecule has 1 aliphatic heterocycles. The van der Waals surface area contributed by atoms with Gasteiger partial charge in [-0.1, -0.05) is 30.3 Å². The summed E-state index contributed by atoms with van der Waals surface area (Å²) in [5.74, 6) is -1.27. The Kier molecular flexibility index (Phi) is 7.57. The summed E-state index contributed by atoms with van der Waals surface area (Å²) in [5.41, 5.74) is -0.0286. The van der Waals surface area contributed by atoms with Gasteiger partial charge in [-0.15, -0.1) is 0 Å². The summed E-state index contributed by atoms with van der Waals surface area (Å²) in [6.07, 6.45) is -0.891. The number of amides is 2. The molecule has 0 spiro atoms. The van der Waals surface area contributed by atoms with Crippen molar-refractivity contribution in [2.45, 2.75) is 32.8 Å². The van der Waals surface area contributed by atoms with Crippen molar-refractivity contribution in [2.75, 3.05) is 21.3 Å². The summed E-state index contributed by atoms with van der Waals surface area (Å²) in [6, 6.07) is 9.13. The number of nitrogens with one attached hydrogen (secondary N) is 1. The maximum atomic E-state index is 12.9. The van der Waals surface area contributed by atoms with Crippen LogP contribution in [0.3, 0.4) is 0 Å². The quantitative estimate of drug-likeness (QED) is 0.508. The number of benzene rings is 1. The highest BCUT2D eigenvalue weighted by Crippen LogP contribution is 2.43. The highest BCUT2D eigenvalue weighted by Gasteiger charge is 2.49. The van der Waals surface area contributed by atoms with Crippen LogP contribution in [0.4, 0.5) is 4.79 Å². The topological polar surface area (TPSA) is 111 Å². The number of carbonyl (C=O) groups is 4. The number of ether oxygens (including phenoxy) is 3. The second kappa shape index (κ2) is 9.91. The predicted octanol–water partition coefficient (Wildman–Crippen LogP) is 2.12. The van der Waals surface area contributed by atoms with E-state index in [1.165, 1.54) is 26.2 Å². The molecule has 2 amide bonds. The molecule has 0 aliphatic carbocycles. The maximum Gasteiger partial charge on any atom is 0.413 e. The van der Waals surface area contributed by atoms with Crippen LogP contribution < -0.4 is 5.32 Å². The molecule has 1 N–H and O–H groups in total. The van der Waals surface area contributed by atoms with Crippen LogP contribution in [0.1, 0.15) is 31.7 Å². The Morgan fingerprint density at radius 2 is 1.70 bits per heavy atom. The van der Waals surface area contributed by atoms with Gasteiger partial charge in [-0.25, -0.2) is 4.79 Å². The van der Waals surface area contributed by atoms with Crippen LogP contribution in [-0.4, -0.2) is 50.1 Å². The lowest BCUT2D eigenvalue weighted by atomic mass is 9.78. The van der Waals surface area contributed by atoms with E-state index in [9.17, 15) is 19.2 Å². The van der Waals surface area contributed by atoms with E-state index in [1.807, 2.05) is 30.3 Å². The molecule has 2 rings (SSSR count). The third-order valence-electron chi connectivity index (χ3n) is 5.03. The van der Waals surface area contributed by atoms with E-state index in [1.54, 1.807) is 6.92 Å². The second-order valence-corrected chi connectivity index (χ2v) is 7.04. The van der Waals surface area contributed by atoms with E-state index in [2.05, 4.69) is 10.1 Å². The molecule has 1 aromatic rings. The number of hydrogen-bond acceptors (Lipinski definition) is 7. The largest absolute Gasteiger partial charge is 0.469 e. The predicted molar refractivity (Wildman–Crippen MR) is 106 cm³/mol. The van der Waals surface area contributed by atoms with Gasteiger partial charge in [0.05, 0.1) is 26.1 Å². The minimum Gasteiger partial charge on any atom is -0.469 e. The first-order chi connectivity index (χ1) is 14.2. The number of nitrogens with zero attached hydrogens (tertiary/aromatic N) is 1. The Balaban J connectivity index is 2.26. The molecule has 0 radical (unpaired) electrons. The van der Waals surface area contributed by atoms with E-state index >= 15 is 0 Å². The first-order valence-electron chi connectivity index (χ1n) is 9.36. The molecule has 0 saturated heterocycles. The Labute approximate surface area is 175 Å². The van der Waals surface area contributed by atoms with E-state index in [0.29, 0.717) is 5.57 Å². The van der Waals surface area contributed by atoms with Crippen molar-refractivity contribution in [1.82, 2.24) is 10.2 Å². The molecule has 9 heteroatoms. The minimum atomic E-state index is -1.27. The molecule has 30 heavy (non-hydrogen) atoms. The minimum absolute atomic E-state index is 0.0199. The van der Waals surface area contributed by atoms with E-state index in [4.69, 9.17) is 9.47 Å². The highest BCUT2D eigenvalue weighted by atomic mass is 16.5. The van der Waals surface area contributed by atoms with Crippen LogP contribution in [0.15, 0.2) is 41.7 Å². The van der Waals surface area contributed by atoms with Gasteiger partial charge in [-0.3, -0.25) is 19.7 Å². The summed E-state index contributed by atoms with van der Waals surface area (Å²) >= 11 is 0. The van der Waals surface area contributed by atoms with Crippen LogP contribution in [0.25, 0.3) is 0 Å². The molecule has 1 heterocycles. The number of rotatable bonds is 8. The molecule has 1 aliphatic rings. The Bertz CT molecular complexity index is 850. The zero-order valence-electron chi connectivity index (χ0n) is 17.5. The van der Waals surface area contributed by atoms with Gasteiger partial charge in [-0.05, 0) is 24.5 Å². The van der Waals surface area contributed by atoms with Crippen molar-refractivity contribution in [2.24, 2.45) is 5.41 Å². The Morgan fingerprint density at radius 1 is 1.07 bits per heavy atom. The average Bonchev–Trinajstić information content (AvgIpc) is 2.91. The molecule has 1 aromatic carbocycles. The van der Waals surface area contributed by atoms with Crippen molar-refractivity contribution in [3.05, 3.63) is 47.3 Å². The zero-order chi connectivity index (χ0) is 22.3. The summed E-state index contributed by atoms with van der Waals surface area (Å²) < 4.78 is 14.6. The van der Waals surface area contributed by atoms with E-state index in [-0.39, 0.29) is 31.7 Å². The third-order valence-corrected chi connectivity index (χ3v) is 5.03. The lowest BCUT2D eigenvalue weighted by molar-refractivity contribution is -0.147. The fourth-order valence-electron chi connectivity index (χ4n) is 3.35. The molecule has 0 bridgehead atoms. The number of hydrogen-bond donors (Lipinski definition) is 1. The molecule has 9 nitrogen and oxygen atoms in total. The Hall–Kier alpha value is -3.36. The number of esters is 2. The molecule has 1 unspecified atom stereocenters. The molecule has 1 atom stereocenters. The number of carbonyl (C=O) groups excluding carboxylic acids is 4. The highest BCUT2D eigenvalue weighted by molar-refractivity contribution is 5.95. The van der Waals surface area contributed by atoms with Gasteiger partial charge in [0.15, 0.2) is 0 Å². The van der Waals surface area contributed by atoms with Crippen LogP contribution >= 0.6 is 0 Å². The first kappa shape index (κ1) is 22.9. The van der Waals surface area contributed by atoms with E-state index in [0.717, 1.165) is 5.56 Å². The fourth-order valence-corrected chi connectivity index (χ4v) is 3.35. The van der Waals surface area contributed by atoms with Crippen LogP contribution in [0.5, 0.6) is 0 Å². The Morgan fingerprint density at radius 3 is 2.30 bits per heavy atom. The maximum absolute atomic E-state index is 12.9. The van der Waals surface area contributed by atoms with Gasteiger partial charge in [-0.2, -0.15) is 0 Å². The standard InChI is InChI=1S/C21H26N2O7/c1-21(12-17(25)29-4)15(10-11-16(24)28-3)18(23(2)19(21)26)22-20(27)30-13-14-8-6-5-7-9-14/h5-9H,10-13H2,1-4H3,(H,22,27). The van der Waals surface area contributed by atoms with Crippen molar-refractivity contribution in [3.8, 4) is 0 Å². The van der Waals surface area contributed by atoms with Crippen LogP contribution in [0.2, 0.25) is 0 Å². The van der Waals surface area contributed by atoms with Crippen LogP contribution in [0, 0.1) is 5.41 Å². The zero-order valence-corrected chi connectivity index (χ0v) is 17.5. The van der Waals surface area contributed by atoms with Crippen molar-refractivity contribution < 1.29 is 33.4 Å². The van der Waals surface area contributed by atoms with Gasteiger partial charge < -0.3 is 19.1 Å². The second-order valence-electron chi connectivity index (χ2n) is 7.04. The SMILES string of the molecule is COC(=O)CCC1=C(NC(=O)OCc2ccccc2)N(C)C(=O)C1(C)CC(=O)OC. The first-order valence-corrected chi connectivity index (χ1v) is 9.36. The summed E-state index contributed by atoms with van der Waals surface area (Å²) in [6.45, 7) is 1.63. The van der Waals surface area contributed by atoms with Crippen LogP contribution in [-0.2, 0) is 35.2 Å². The monoisotopic (exact) mass is 418 g/mol. The smallest absolute Gasteiger partial charge is 0.413 e. The van der Waals surface area contributed by atoms with E-state index < -0.39 is 29.4 Å². The van der Waals surface area contributed by atoms with Gasteiger partial charge in [0.1, 0.15) is 12.4 Å². The fraction of sp³-hybridized carbons (Fsp3) is 0.429. The molecular formula is C21H26N2O7. The average molecular weight is 418 g/mol. The number of alkyl carbamates (subject to hydrolysis) is 1. The third kappa shape index (κ3) is 5.16. The summed E-state index contributed by atoms with van der Waals surface area (Å²) in [5, 5.41) is 2.59. The van der Waals surface area contributed by atoms with Gasteiger partial charge in [0, 0.05) is 13.5 Å². The molecule has 0 saturated carbocycles. The number of methoxy groups -OCH3 is 2. The molecule has 0 fully saturated rings. The molecule has 162 valence electrons. The molecular weight excluding hydrogens is 392 g/mol. The van der Waals surface area contributed by atoms with Crippen molar-refractivity contribution in [3.63, 3.8) is 0 Å². The lowest BCUT2D eigenvalue weighted by Gasteiger charge is -2.24.